The fourth-order valence-electron chi connectivity index (χ4n) is 2.68. The Morgan fingerprint density at radius 2 is 1.95 bits per heavy atom. The second-order valence-electron chi connectivity index (χ2n) is 5.58. The summed E-state index contributed by atoms with van der Waals surface area (Å²) in [5.74, 6) is 0.915. The molecular weight excluding hydrogens is 250 g/mol. The number of carbonyl (C=O) groups is 1. The number of carbonyl (C=O) groups excluding carboxylic acids is 1. The van der Waals surface area contributed by atoms with Crippen molar-refractivity contribution in [2.24, 2.45) is 11.7 Å². The van der Waals surface area contributed by atoms with Gasteiger partial charge in [0.15, 0.2) is 0 Å². The lowest BCUT2D eigenvalue weighted by atomic mass is 9.94. The number of hydrogen-bond donors (Lipinski definition) is 2. The summed E-state index contributed by atoms with van der Waals surface area (Å²) >= 11 is 0. The normalized spacial score (nSPS) is 17.1. The van der Waals surface area contributed by atoms with Crippen LogP contribution in [0.2, 0.25) is 0 Å². The molecule has 1 aliphatic rings. The molecule has 2 rings (SSSR count). The van der Waals surface area contributed by atoms with Crippen LogP contribution in [0.3, 0.4) is 0 Å². The summed E-state index contributed by atoms with van der Waals surface area (Å²) in [6, 6.07) is 7.71. The van der Waals surface area contributed by atoms with Crippen molar-refractivity contribution in [3.05, 3.63) is 29.8 Å². The fraction of sp³-hybridized carbons (Fsp3) is 0.562. The van der Waals surface area contributed by atoms with Crippen molar-refractivity contribution in [1.82, 2.24) is 4.90 Å². The van der Waals surface area contributed by atoms with Gasteiger partial charge < -0.3 is 11.1 Å². The summed E-state index contributed by atoms with van der Waals surface area (Å²) < 4.78 is 0. The molecule has 0 aliphatic carbocycles. The number of nitrogens with one attached hydrogen (secondary N) is 1. The number of likely N-dealkylation sites (tertiary alicyclic amines) is 1. The minimum absolute atomic E-state index is 0.0699. The summed E-state index contributed by atoms with van der Waals surface area (Å²) in [6.07, 6.45) is 3.69. The van der Waals surface area contributed by atoms with Crippen molar-refractivity contribution in [2.45, 2.75) is 32.7 Å². The maximum atomic E-state index is 12.0. The van der Waals surface area contributed by atoms with Gasteiger partial charge in [-0.2, -0.15) is 0 Å². The van der Waals surface area contributed by atoms with Crippen LogP contribution in [0.1, 0.15) is 31.7 Å². The van der Waals surface area contributed by atoms with E-state index in [9.17, 15) is 4.79 Å². The van der Waals surface area contributed by atoms with E-state index in [4.69, 9.17) is 5.73 Å². The van der Waals surface area contributed by atoms with Crippen LogP contribution in [0.4, 0.5) is 5.69 Å². The summed E-state index contributed by atoms with van der Waals surface area (Å²) in [5, 5.41) is 2.94. The Hall–Kier alpha value is -1.39. The van der Waals surface area contributed by atoms with Crippen LogP contribution < -0.4 is 11.1 Å². The van der Waals surface area contributed by atoms with E-state index >= 15 is 0 Å². The second kappa shape index (κ2) is 7.41. The summed E-state index contributed by atoms with van der Waals surface area (Å²) in [4.78, 5) is 14.3. The number of nitrogens with zero attached hydrogens (tertiary/aromatic N) is 1. The first-order valence-corrected chi connectivity index (χ1v) is 7.52. The Bertz CT molecular complexity index is 422. The highest BCUT2D eigenvalue weighted by Crippen LogP contribution is 2.19. The van der Waals surface area contributed by atoms with Gasteiger partial charge >= 0.3 is 0 Å². The van der Waals surface area contributed by atoms with E-state index in [2.05, 4.69) is 17.1 Å². The van der Waals surface area contributed by atoms with Gasteiger partial charge in [0.05, 0.1) is 6.54 Å². The quantitative estimate of drug-likeness (QED) is 0.866. The average molecular weight is 275 g/mol. The Morgan fingerprint density at radius 1 is 1.30 bits per heavy atom. The molecule has 4 nitrogen and oxygen atoms in total. The van der Waals surface area contributed by atoms with E-state index in [0.717, 1.165) is 30.3 Å². The van der Waals surface area contributed by atoms with Crippen molar-refractivity contribution in [1.29, 1.82) is 0 Å². The molecule has 0 aromatic heterocycles. The number of benzene rings is 1. The number of rotatable bonds is 5. The topological polar surface area (TPSA) is 58.4 Å². The lowest BCUT2D eigenvalue weighted by Gasteiger charge is -2.30. The molecule has 1 aromatic carbocycles. The van der Waals surface area contributed by atoms with Gasteiger partial charge in [-0.1, -0.05) is 25.5 Å². The van der Waals surface area contributed by atoms with Crippen LogP contribution in [0.15, 0.2) is 24.3 Å². The zero-order valence-electron chi connectivity index (χ0n) is 12.3. The van der Waals surface area contributed by atoms with Crippen molar-refractivity contribution >= 4 is 11.6 Å². The molecule has 1 aromatic rings. The molecule has 0 unspecified atom stereocenters. The Labute approximate surface area is 121 Å². The molecule has 0 bridgehead atoms. The molecular formula is C16H25N3O. The standard InChI is InChI=1S/C16H25N3O/c1-2-13-7-9-19(10-8-13)12-16(20)18-15-5-3-14(11-17)4-6-15/h3-6,13H,2,7-12,17H2,1H3,(H,18,20). The number of amides is 1. The van der Waals surface area contributed by atoms with E-state index in [0.29, 0.717) is 13.1 Å². The van der Waals surface area contributed by atoms with Gasteiger partial charge in [-0.15, -0.1) is 0 Å². The third-order valence-electron chi connectivity index (χ3n) is 4.13. The molecule has 1 aliphatic heterocycles. The highest BCUT2D eigenvalue weighted by Gasteiger charge is 2.19. The molecule has 0 saturated carbocycles. The zero-order valence-corrected chi connectivity index (χ0v) is 12.3. The van der Waals surface area contributed by atoms with Gasteiger partial charge in [0.1, 0.15) is 0 Å². The monoisotopic (exact) mass is 275 g/mol. The van der Waals surface area contributed by atoms with Crippen LogP contribution >= 0.6 is 0 Å². The second-order valence-corrected chi connectivity index (χ2v) is 5.58. The van der Waals surface area contributed by atoms with Crippen LogP contribution in [0.5, 0.6) is 0 Å². The molecule has 0 atom stereocenters. The third kappa shape index (κ3) is 4.32. The van der Waals surface area contributed by atoms with Crippen LogP contribution in [0.25, 0.3) is 0 Å². The molecule has 0 radical (unpaired) electrons. The predicted octanol–water partition coefficient (Wildman–Crippen LogP) is 2.21. The maximum Gasteiger partial charge on any atom is 0.238 e. The maximum absolute atomic E-state index is 12.0. The van der Waals surface area contributed by atoms with E-state index in [1.165, 1.54) is 19.3 Å². The highest BCUT2D eigenvalue weighted by molar-refractivity contribution is 5.92. The number of anilines is 1. The molecule has 110 valence electrons. The van der Waals surface area contributed by atoms with E-state index < -0.39 is 0 Å². The van der Waals surface area contributed by atoms with E-state index in [1.54, 1.807) is 0 Å². The van der Waals surface area contributed by atoms with Crippen molar-refractivity contribution in [3.63, 3.8) is 0 Å². The van der Waals surface area contributed by atoms with Gasteiger partial charge in [0, 0.05) is 12.2 Å². The molecule has 1 fully saturated rings. The molecule has 1 amide bonds. The Balaban J connectivity index is 1.77. The fourth-order valence-corrected chi connectivity index (χ4v) is 2.68. The minimum Gasteiger partial charge on any atom is -0.326 e. The molecule has 1 heterocycles. The summed E-state index contributed by atoms with van der Waals surface area (Å²) in [6.45, 7) is 5.35. The SMILES string of the molecule is CCC1CCN(CC(=O)Nc2ccc(CN)cc2)CC1. The summed E-state index contributed by atoms with van der Waals surface area (Å²) in [5.41, 5.74) is 7.47. The van der Waals surface area contributed by atoms with Crippen LogP contribution in [-0.4, -0.2) is 30.4 Å². The zero-order chi connectivity index (χ0) is 14.4. The van der Waals surface area contributed by atoms with Gasteiger partial charge in [0.25, 0.3) is 0 Å². The molecule has 20 heavy (non-hydrogen) atoms. The van der Waals surface area contributed by atoms with Gasteiger partial charge in [0.2, 0.25) is 5.91 Å². The lowest BCUT2D eigenvalue weighted by Crippen LogP contribution is -2.39. The molecule has 3 N–H and O–H groups in total. The summed E-state index contributed by atoms with van der Waals surface area (Å²) in [7, 11) is 0. The minimum atomic E-state index is 0.0699. The number of nitrogens with two attached hydrogens (primary N) is 1. The first kappa shape index (κ1) is 15.0. The molecule has 1 saturated heterocycles. The third-order valence-corrected chi connectivity index (χ3v) is 4.13. The average Bonchev–Trinajstić information content (AvgIpc) is 2.49. The first-order chi connectivity index (χ1) is 9.71. The Kier molecular flexibility index (Phi) is 5.56. The first-order valence-electron chi connectivity index (χ1n) is 7.52. The number of hydrogen-bond acceptors (Lipinski definition) is 3. The largest absolute Gasteiger partial charge is 0.326 e. The highest BCUT2D eigenvalue weighted by atomic mass is 16.2. The van der Waals surface area contributed by atoms with Gasteiger partial charge in [-0.3, -0.25) is 9.69 Å². The van der Waals surface area contributed by atoms with Gasteiger partial charge in [-0.05, 0) is 49.5 Å². The van der Waals surface area contributed by atoms with E-state index in [-0.39, 0.29) is 5.91 Å². The van der Waals surface area contributed by atoms with Crippen LogP contribution in [-0.2, 0) is 11.3 Å². The van der Waals surface area contributed by atoms with E-state index in [1.807, 2.05) is 24.3 Å². The van der Waals surface area contributed by atoms with Crippen molar-refractivity contribution < 1.29 is 4.79 Å². The lowest BCUT2D eigenvalue weighted by molar-refractivity contribution is -0.117. The predicted molar refractivity (Wildman–Crippen MR) is 82.4 cm³/mol. The smallest absolute Gasteiger partial charge is 0.238 e. The van der Waals surface area contributed by atoms with Crippen molar-refractivity contribution in [3.8, 4) is 0 Å². The Morgan fingerprint density at radius 3 is 2.50 bits per heavy atom. The van der Waals surface area contributed by atoms with Gasteiger partial charge in [-0.25, -0.2) is 0 Å². The molecule has 0 spiro atoms. The molecule has 4 heteroatoms. The van der Waals surface area contributed by atoms with Crippen LogP contribution in [0, 0.1) is 5.92 Å². The van der Waals surface area contributed by atoms with Crippen molar-refractivity contribution in [2.75, 3.05) is 25.0 Å². The number of piperidine rings is 1.